The Morgan fingerprint density at radius 2 is 1.80 bits per heavy atom. The van der Waals surface area contributed by atoms with Crippen molar-refractivity contribution in [2.45, 2.75) is 64.8 Å². The Hall–Kier alpha value is -0.590. The zero-order valence-electron chi connectivity index (χ0n) is 13.5. The van der Waals surface area contributed by atoms with Crippen molar-refractivity contribution in [2.24, 2.45) is 11.3 Å². The maximum Gasteiger partial charge on any atom is 0.122 e. The van der Waals surface area contributed by atoms with Gasteiger partial charge in [-0.05, 0) is 56.7 Å². The van der Waals surface area contributed by atoms with Gasteiger partial charge in [-0.15, -0.1) is 0 Å². The number of rotatable bonds is 7. The lowest BCUT2D eigenvalue weighted by Gasteiger charge is -2.43. The van der Waals surface area contributed by atoms with Gasteiger partial charge in [0.1, 0.15) is 5.54 Å². The molecule has 2 fully saturated rings. The van der Waals surface area contributed by atoms with E-state index in [1.165, 1.54) is 51.6 Å². The molecule has 114 valence electrons. The van der Waals surface area contributed by atoms with Crippen molar-refractivity contribution < 1.29 is 0 Å². The molecule has 3 heteroatoms. The van der Waals surface area contributed by atoms with Crippen LogP contribution in [0, 0.1) is 22.7 Å². The first-order valence-electron chi connectivity index (χ1n) is 8.52. The van der Waals surface area contributed by atoms with Crippen molar-refractivity contribution in [1.29, 1.82) is 5.26 Å². The normalized spacial score (nSPS) is 25.9. The monoisotopic (exact) mass is 277 g/mol. The zero-order chi connectivity index (χ0) is 14.6. The molecule has 0 amide bonds. The summed E-state index contributed by atoms with van der Waals surface area (Å²) in [6.45, 7) is 10.9. The van der Waals surface area contributed by atoms with Gasteiger partial charge in [0, 0.05) is 6.54 Å². The third kappa shape index (κ3) is 3.18. The predicted molar refractivity (Wildman–Crippen MR) is 83.4 cm³/mol. The molecule has 0 spiro atoms. The van der Waals surface area contributed by atoms with Crippen molar-refractivity contribution in [1.82, 2.24) is 10.2 Å². The predicted octanol–water partition coefficient (Wildman–Crippen LogP) is 3.17. The second kappa shape index (κ2) is 6.45. The number of nitriles is 1. The lowest BCUT2D eigenvalue weighted by Crippen LogP contribution is -2.56. The van der Waals surface area contributed by atoms with E-state index >= 15 is 0 Å². The molecule has 1 aliphatic heterocycles. The summed E-state index contributed by atoms with van der Waals surface area (Å²) in [6, 6.07) is 2.62. The van der Waals surface area contributed by atoms with Gasteiger partial charge in [0.05, 0.1) is 6.07 Å². The Morgan fingerprint density at radius 1 is 1.20 bits per heavy atom. The fraction of sp³-hybridized carbons (Fsp3) is 0.941. The molecule has 0 radical (unpaired) electrons. The fourth-order valence-electron chi connectivity index (χ4n) is 3.88. The molecule has 3 nitrogen and oxygen atoms in total. The lowest BCUT2D eigenvalue weighted by atomic mass is 9.74. The number of nitrogens with one attached hydrogen (secondary N) is 1. The van der Waals surface area contributed by atoms with Gasteiger partial charge in [0.2, 0.25) is 0 Å². The van der Waals surface area contributed by atoms with Gasteiger partial charge < -0.3 is 4.90 Å². The molecule has 0 aromatic rings. The van der Waals surface area contributed by atoms with E-state index in [0.29, 0.717) is 11.3 Å². The SMILES string of the molecule is CCNC(C#N)(CN1CCC(CC)(CC)CC1)C1CC1. The summed E-state index contributed by atoms with van der Waals surface area (Å²) in [4.78, 5) is 2.54. The Morgan fingerprint density at radius 3 is 2.20 bits per heavy atom. The molecule has 1 saturated carbocycles. The van der Waals surface area contributed by atoms with Gasteiger partial charge in [0.15, 0.2) is 0 Å². The van der Waals surface area contributed by atoms with Crippen LogP contribution in [0.2, 0.25) is 0 Å². The van der Waals surface area contributed by atoms with E-state index in [4.69, 9.17) is 0 Å². The summed E-state index contributed by atoms with van der Waals surface area (Å²) in [7, 11) is 0. The summed E-state index contributed by atoms with van der Waals surface area (Å²) in [6.07, 6.45) is 7.66. The van der Waals surface area contributed by atoms with E-state index in [0.717, 1.165) is 13.1 Å². The highest BCUT2D eigenvalue weighted by Gasteiger charge is 2.47. The van der Waals surface area contributed by atoms with Crippen LogP contribution in [-0.2, 0) is 0 Å². The minimum atomic E-state index is -0.285. The Bertz CT molecular complexity index is 342. The zero-order valence-corrected chi connectivity index (χ0v) is 13.5. The number of piperidine rings is 1. The fourth-order valence-corrected chi connectivity index (χ4v) is 3.88. The highest BCUT2D eigenvalue weighted by Crippen LogP contribution is 2.42. The number of hydrogen-bond donors (Lipinski definition) is 1. The van der Waals surface area contributed by atoms with Crippen LogP contribution in [0.4, 0.5) is 0 Å². The lowest BCUT2D eigenvalue weighted by molar-refractivity contribution is 0.0775. The minimum absolute atomic E-state index is 0.285. The highest BCUT2D eigenvalue weighted by atomic mass is 15.2. The van der Waals surface area contributed by atoms with E-state index in [9.17, 15) is 5.26 Å². The van der Waals surface area contributed by atoms with Crippen LogP contribution in [0.25, 0.3) is 0 Å². The number of nitrogens with zero attached hydrogens (tertiary/aromatic N) is 2. The summed E-state index contributed by atoms with van der Waals surface area (Å²) in [5.74, 6) is 0.580. The second-order valence-corrected chi connectivity index (χ2v) is 6.87. The van der Waals surface area contributed by atoms with E-state index in [2.05, 4.69) is 37.1 Å². The van der Waals surface area contributed by atoms with Crippen molar-refractivity contribution in [3.8, 4) is 6.07 Å². The Balaban J connectivity index is 1.95. The first kappa shape index (κ1) is 15.8. The molecule has 1 heterocycles. The highest BCUT2D eigenvalue weighted by molar-refractivity contribution is 5.16. The first-order valence-corrected chi connectivity index (χ1v) is 8.52. The molecule has 1 N–H and O–H groups in total. The summed E-state index contributed by atoms with van der Waals surface area (Å²) < 4.78 is 0. The quantitative estimate of drug-likeness (QED) is 0.777. The maximum atomic E-state index is 9.70. The van der Waals surface area contributed by atoms with E-state index in [1.807, 2.05) is 0 Å². The topological polar surface area (TPSA) is 39.1 Å². The molecular weight excluding hydrogens is 246 g/mol. The van der Waals surface area contributed by atoms with Gasteiger partial charge in [-0.2, -0.15) is 5.26 Å². The van der Waals surface area contributed by atoms with Crippen LogP contribution in [0.5, 0.6) is 0 Å². The Labute approximate surface area is 124 Å². The molecule has 0 bridgehead atoms. The smallest absolute Gasteiger partial charge is 0.122 e. The molecule has 1 aliphatic carbocycles. The van der Waals surface area contributed by atoms with Crippen LogP contribution in [0.1, 0.15) is 59.3 Å². The molecule has 0 aromatic heterocycles. The average molecular weight is 277 g/mol. The molecule has 1 saturated heterocycles. The number of likely N-dealkylation sites (tertiary alicyclic amines) is 1. The second-order valence-electron chi connectivity index (χ2n) is 6.87. The van der Waals surface area contributed by atoms with Crippen LogP contribution >= 0.6 is 0 Å². The minimum Gasteiger partial charge on any atom is -0.300 e. The standard InChI is InChI=1S/C17H31N3/c1-4-16(5-2)9-11-20(12-10-16)14-17(13-18,19-6-3)15-7-8-15/h15,19H,4-12,14H2,1-3H3. The summed E-state index contributed by atoms with van der Waals surface area (Å²) in [5, 5.41) is 13.2. The third-order valence-electron chi connectivity index (χ3n) is 5.86. The van der Waals surface area contributed by atoms with Gasteiger partial charge >= 0.3 is 0 Å². The summed E-state index contributed by atoms with van der Waals surface area (Å²) >= 11 is 0. The van der Waals surface area contributed by atoms with Crippen LogP contribution in [0.3, 0.4) is 0 Å². The molecule has 1 atom stereocenters. The van der Waals surface area contributed by atoms with Crippen LogP contribution in [-0.4, -0.2) is 36.6 Å². The number of likely N-dealkylation sites (N-methyl/N-ethyl adjacent to an activating group) is 1. The average Bonchev–Trinajstić information content (AvgIpc) is 3.33. The van der Waals surface area contributed by atoms with Crippen molar-refractivity contribution >= 4 is 0 Å². The molecular formula is C17H31N3. The Kier molecular flexibility index (Phi) is 5.09. The first-order chi connectivity index (χ1) is 9.63. The third-order valence-corrected chi connectivity index (χ3v) is 5.86. The number of hydrogen-bond acceptors (Lipinski definition) is 3. The molecule has 0 aromatic carbocycles. The summed E-state index contributed by atoms with van der Waals surface area (Å²) in [5.41, 5.74) is 0.288. The van der Waals surface area contributed by atoms with Crippen molar-refractivity contribution in [2.75, 3.05) is 26.2 Å². The van der Waals surface area contributed by atoms with Gasteiger partial charge in [-0.1, -0.05) is 33.6 Å². The van der Waals surface area contributed by atoms with Crippen LogP contribution in [0.15, 0.2) is 0 Å². The van der Waals surface area contributed by atoms with Gasteiger partial charge in [-0.25, -0.2) is 0 Å². The molecule has 2 aliphatic rings. The van der Waals surface area contributed by atoms with E-state index in [1.54, 1.807) is 0 Å². The van der Waals surface area contributed by atoms with E-state index < -0.39 is 0 Å². The molecule has 2 rings (SSSR count). The maximum absolute atomic E-state index is 9.70. The molecule has 20 heavy (non-hydrogen) atoms. The van der Waals surface area contributed by atoms with Gasteiger partial charge in [-0.3, -0.25) is 5.32 Å². The largest absolute Gasteiger partial charge is 0.300 e. The van der Waals surface area contributed by atoms with Gasteiger partial charge in [0.25, 0.3) is 0 Å². The van der Waals surface area contributed by atoms with E-state index in [-0.39, 0.29) is 5.54 Å². The molecule has 1 unspecified atom stereocenters. The van der Waals surface area contributed by atoms with Crippen molar-refractivity contribution in [3.63, 3.8) is 0 Å². The van der Waals surface area contributed by atoms with Crippen molar-refractivity contribution in [3.05, 3.63) is 0 Å². The van der Waals surface area contributed by atoms with Crippen LogP contribution < -0.4 is 5.32 Å².